The van der Waals surface area contributed by atoms with E-state index in [0.29, 0.717) is 0 Å². The summed E-state index contributed by atoms with van der Waals surface area (Å²) < 4.78 is 39.3. The summed E-state index contributed by atoms with van der Waals surface area (Å²) in [7, 11) is 0. The lowest BCUT2D eigenvalue weighted by molar-refractivity contribution is -0.384. The van der Waals surface area contributed by atoms with Crippen molar-refractivity contribution in [2.24, 2.45) is 0 Å². The fraction of sp³-hybridized carbons (Fsp3) is 0.0588. The molecule has 132 valence electrons. The second-order valence-electron chi connectivity index (χ2n) is 5.32. The van der Waals surface area contributed by atoms with Crippen LogP contribution in [0.5, 0.6) is 0 Å². The van der Waals surface area contributed by atoms with Crippen molar-refractivity contribution in [2.75, 3.05) is 5.32 Å². The fourth-order valence-electron chi connectivity index (χ4n) is 2.47. The summed E-state index contributed by atoms with van der Waals surface area (Å²) in [6.45, 7) is 0. The van der Waals surface area contributed by atoms with Crippen molar-refractivity contribution in [1.29, 1.82) is 0 Å². The van der Waals surface area contributed by atoms with Gasteiger partial charge in [0.25, 0.3) is 11.6 Å². The maximum atomic E-state index is 13.1. The lowest BCUT2D eigenvalue weighted by atomic mass is 10.1. The fourth-order valence-corrected chi connectivity index (χ4v) is 2.47. The second kappa shape index (κ2) is 6.43. The zero-order chi connectivity index (χ0) is 18.9. The Morgan fingerprint density at radius 2 is 1.85 bits per heavy atom. The maximum absolute atomic E-state index is 13.1. The van der Waals surface area contributed by atoms with Crippen LogP contribution >= 0.6 is 0 Å². The molecular weight excluding hydrogens is 351 g/mol. The number of para-hydroxylation sites is 1. The molecule has 0 aliphatic heterocycles. The monoisotopic (exact) mass is 361 g/mol. The number of nitro benzene ring substituents is 1. The Morgan fingerprint density at radius 3 is 2.54 bits per heavy atom. The summed E-state index contributed by atoms with van der Waals surface area (Å²) in [5, 5.41) is 13.4. The smallest absolute Gasteiger partial charge is 0.321 e. The number of nitrogens with one attached hydrogen (secondary N) is 1. The second-order valence-corrected chi connectivity index (χ2v) is 5.32. The number of hydrogen-bond donors (Lipinski definition) is 1. The number of anilines is 1. The molecule has 0 saturated heterocycles. The SMILES string of the molecule is O=C(Nc1ccnc2c(C(F)(F)F)cccc12)c1cccc([N+](=O)[O-])c1. The Labute approximate surface area is 144 Å². The van der Waals surface area contributed by atoms with E-state index in [0.717, 1.165) is 18.3 Å². The van der Waals surface area contributed by atoms with E-state index in [-0.39, 0.29) is 27.8 Å². The number of aromatic nitrogens is 1. The van der Waals surface area contributed by atoms with E-state index in [4.69, 9.17) is 0 Å². The normalized spacial score (nSPS) is 11.3. The van der Waals surface area contributed by atoms with E-state index in [1.54, 1.807) is 0 Å². The molecular formula is C17H10F3N3O3. The highest BCUT2D eigenvalue weighted by molar-refractivity contribution is 6.09. The zero-order valence-corrected chi connectivity index (χ0v) is 12.9. The number of benzene rings is 2. The number of pyridine rings is 1. The minimum atomic E-state index is -4.59. The van der Waals surface area contributed by atoms with Gasteiger partial charge in [0.05, 0.1) is 21.7 Å². The third-order valence-corrected chi connectivity index (χ3v) is 3.64. The minimum Gasteiger partial charge on any atom is -0.321 e. The highest BCUT2D eigenvalue weighted by atomic mass is 19.4. The summed E-state index contributed by atoms with van der Waals surface area (Å²) in [4.78, 5) is 26.3. The van der Waals surface area contributed by atoms with Crippen molar-refractivity contribution < 1.29 is 22.9 Å². The molecule has 1 N–H and O–H groups in total. The van der Waals surface area contributed by atoms with Gasteiger partial charge >= 0.3 is 6.18 Å². The van der Waals surface area contributed by atoms with Gasteiger partial charge in [0.15, 0.2) is 0 Å². The first-order valence-electron chi connectivity index (χ1n) is 7.28. The minimum absolute atomic E-state index is 0.0103. The number of hydrogen-bond acceptors (Lipinski definition) is 4. The van der Waals surface area contributed by atoms with E-state index in [2.05, 4.69) is 10.3 Å². The lowest BCUT2D eigenvalue weighted by Crippen LogP contribution is -2.13. The number of amides is 1. The molecule has 2 aromatic carbocycles. The molecule has 1 heterocycles. The maximum Gasteiger partial charge on any atom is 0.418 e. The van der Waals surface area contributed by atoms with Crippen LogP contribution in [0.15, 0.2) is 54.7 Å². The predicted octanol–water partition coefficient (Wildman–Crippen LogP) is 4.41. The van der Waals surface area contributed by atoms with Crippen molar-refractivity contribution in [3.63, 3.8) is 0 Å². The number of halogens is 3. The summed E-state index contributed by atoms with van der Waals surface area (Å²) in [6, 6.07) is 9.91. The molecule has 0 fully saturated rings. The standard InChI is InChI=1S/C17H10F3N3O3/c18-17(19,20)13-6-2-5-12-14(7-8-21-15(12)13)22-16(24)10-3-1-4-11(9-10)23(25)26/h1-9H,(H,21,22,24). The van der Waals surface area contributed by atoms with Crippen molar-refractivity contribution in [3.05, 3.63) is 76.0 Å². The Kier molecular flexibility index (Phi) is 4.29. The van der Waals surface area contributed by atoms with Crippen molar-refractivity contribution in [3.8, 4) is 0 Å². The molecule has 0 aliphatic carbocycles. The molecule has 1 aromatic heterocycles. The molecule has 0 saturated carbocycles. The first-order valence-corrected chi connectivity index (χ1v) is 7.28. The number of carbonyl (C=O) groups excluding carboxylic acids is 1. The molecule has 0 atom stereocenters. The van der Waals surface area contributed by atoms with Crippen LogP contribution in [0.25, 0.3) is 10.9 Å². The predicted molar refractivity (Wildman–Crippen MR) is 87.8 cm³/mol. The zero-order valence-electron chi connectivity index (χ0n) is 12.9. The summed E-state index contributed by atoms with van der Waals surface area (Å²) in [5.41, 5.74) is -1.34. The van der Waals surface area contributed by atoms with Gasteiger partial charge in [0.2, 0.25) is 0 Å². The van der Waals surface area contributed by atoms with Crippen LogP contribution in [-0.2, 0) is 6.18 Å². The van der Waals surface area contributed by atoms with Crippen LogP contribution < -0.4 is 5.32 Å². The van der Waals surface area contributed by atoms with Crippen molar-refractivity contribution in [2.45, 2.75) is 6.18 Å². The molecule has 9 heteroatoms. The van der Waals surface area contributed by atoms with E-state index in [9.17, 15) is 28.1 Å². The van der Waals surface area contributed by atoms with Gasteiger partial charge in [-0.25, -0.2) is 0 Å². The average molecular weight is 361 g/mol. The number of nitro groups is 1. The Morgan fingerprint density at radius 1 is 1.12 bits per heavy atom. The molecule has 3 aromatic rings. The van der Waals surface area contributed by atoms with E-state index >= 15 is 0 Å². The van der Waals surface area contributed by atoms with Crippen LogP contribution in [0.4, 0.5) is 24.5 Å². The Bertz CT molecular complexity index is 1020. The third kappa shape index (κ3) is 3.32. The van der Waals surface area contributed by atoms with Crippen LogP contribution in [0.3, 0.4) is 0 Å². The van der Waals surface area contributed by atoms with Crippen molar-refractivity contribution in [1.82, 2.24) is 4.98 Å². The lowest BCUT2D eigenvalue weighted by Gasteiger charge is -2.12. The first kappa shape index (κ1) is 17.3. The number of rotatable bonds is 3. The molecule has 0 bridgehead atoms. The molecule has 3 rings (SSSR count). The van der Waals surface area contributed by atoms with Gasteiger partial charge in [-0.05, 0) is 18.2 Å². The van der Waals surface area contributed by atoms with Crippen molar-refractivity contribution >= 4 is 28.2 Å². The third-order valence-electron chi connectivity index (χ3n) is 3.64. The molecule has 0 spiro atoms. The van der Waals surface area contributed by atoms with Gasteiger partial charge < -0.3 is 5.32 Å². The largest absolute Gasteiger partial charge is 0.418 e. The molecule has 6 nitrogen and oxygen atoms in total. The van der Waals surface area contributed by atoms with Crippen LogP contribution in [0.1, 0.15) is 15.9 Å². The van der Waals surface area contributed by atoms with Gasteiger partial charge in [-0.2, -0.15) is 13.2 Å². The van der Waals surface area contributed by atoms with Gasteiger partial charge in [-0.1, -0.05) is 18.2 Å². The number of carbonyl (C=O) groups is 1. The first-order chi connectivity index (χ1) is 12.3. The summed E-state index contributed by atoms with van der Waals surface area (Å²) in [6.07, 6.45) is -3.43. The van der Waals surface area contributed by atoms with Crippen LogP contribution in [0.2, 0.25) is 0 Å². The Balaban J connectivity index is 2.01. The molecule has 0 aliphatic rings. The molecule has 26 heavy (non-hydrogen) atoms. The highest BCUT2D eigenvalue weighted by Gasteiger charge is 2.33. The number of non-ortho nitro benzene ring substituents is 1. The van der Waals surface area contributed by atoms with Crippen LogP contribution in [-0.4, -0.2) is 15.8 Å². The highest BCUT2D eigenvalue weighted by Crippen LogP contribution is 2.35. The van der Waals surface area contributed by atoms with E-state index in [1.165, 1.54) is 36.4 Å². The van der Waals surface area contributed by atoms with Gasteiger partial charge in [0, 0.05) is 29.3 Å². The van der Waals surface area contributed by atoms with Gasteiger partial charge in [0.1, 0.15) is 0 Å². The quantitative estimate of drug-likeness (QED) is 0.553. The van der Waals surface area contributed by atoms with Crippen LogP contribution in [0, 0.1) is 10.1 Å². The number of fused-ring (bicyclic) bond motifs is 1. The number of alkyl halides is 3. The van der Waals surface area contributed by atoms with Gasteiger partial charge in [-0.3, -0.25) is 19.9 Å². The van der Waals surface area contributed by atoms with Gasteiger partial charge in [-0.15, -0.1) is 0 Å². The van der Waals surface area contributed by atoms with E-state index in [1.807, 2.05) is 0 Å². The average Bonchev–Trinajstić information content (AvgIpc) is 2.60. The summed E-state index contributed by atoms with van der Waals surface area (Å²) >= 11 is 0. The van der Waals surface area contributed by atoms with E-state index < -0.39 is 22.6 Å². The topological polar surface area (TPSA) is 85.1 Å². The molecule has 0 unspecified atom stereocenters. The summed E-state index contributed by atoms with van der Waals surface area (Å²) in [5.74, 6) is -0.682. The molecule has 0 radical (unpaired) electrons. The Hall–Kier alpha value is -3.49. The number of nitrogens with zero attached hydrogens (tertiary/aromatic N) is 2. The molecule has 1 amide bonds.